The summed E-state index contributed by atoms with van der Waals surface area (Å²) >= 11 is 0. The molecule has 22 heavy (non-hydrogen) atoms. The first-order valence-electron chi connectivity index (χ1n) is 6.89. The van der Waals surface area contributed by atoms with E-state index in [0.29, 0.717) is 16.8 Å². The summed E-state index contributed by atoms with van der Waals surface area (Å²) in [5, 5.41) is 2.51. The standard InChI is InChI=1S/C16H17FN2O3/c1-3-22-16(21)14-10-19(9-11(14)7-15(20)18-2)13-6-4-5-12(17)8-13/h4-6,8-10H,3,7H2,1-2H3,(H,18,20). The van der Waals surface area contributed by atoms with Gasteiger partial charge in [0.1, 0.15) is 5.82 Å². The van der Waals surface area contributed by atoms with E-state index in [-0.39, 0.29) is 24.8 Å². The topological polar surface area (TPSA) is 60.3 Å². The SMILES string of the molecule is CCOC(=O)c1cn(-c2cccc(F)c2)cc1CC(=O)NC. The summed E-state index contributed by atoms with van der Waals surface area (Å²) in [6, 6.07) is 5.97. The van der Waals surface area contributed by atoms with Gasteiger partial charge in [0.2, 0.25) is 5.91 Å². The van der Waals surface area contributed by atoms with E-state index in [0.717, 1.165) is 0 Å². The first kappa shape index (κ1) is 15.8. The fraction of sp³-hybridized carbons (Fsp3) is 0.250. The van der Waals surface area contributed by atoms with Crippen LogP contribution in [-0.2, 0) is 16.0 Å². The maximum absolute atomic E-state index is 13.3. The van der Waals surface area contributed by atoms with Crippen LogP contribution in [0.3, 0.4) is 0 Å². The van der Waals surface area contributed by atoms with Crippen molar-refractivity contribution in [1.82, 2.24) is 9.88 Å². The van der Waals surface area contributed by atoms with Crippen molar-refractivity contribution in [1.29, 1.82) is 0 Å². The van der Waals surface area contributed by atoms with Gasteiger partial charge in [0.15, 0.2) is 0 Å². The number of likely N-dealkylation sites (N-methyl/N-ethyl adjacent to an activating group) is 1. The zero-order chi connectivity index (χ0) is 16.1. The van der Waals surface area contributed by atoms with Crippen molar-refractivity contribution in [3.8, 4) is 5.69 Å². The molecule has 0 aliphatic carbocycles. The van der Waals surface area contributed by atoms with Gasteiger partial charge >= 0.3 is 5.97 Å². The zero-order valence-corrected chi connectivity index (χ0v) is 12.4. The number of esters is 1. The summed E-state index contributed by atoms with van der Waals surface area (Å²) in [6.45, 7) is 1.95. The third-order valence-electron chi connectivity index (χ3n) is 3.14. The Kier molecular flexibility index (Phi) is 4.93. The Morgan fingerprint density at radius 1 is 1.32 bits per heavy atom. The van der Waals surface area contributed by atoms with Crippen LogP contribution in [0.4, 0.5) is 4.39 Å². The number of nitrogens with zero attached hydrogens (tertiary/aromatic N) is 1. The number of aromatic nitrogens is 1. The number of hydrogen-bond acceptors (Lipinski definition) is 3. The molecule has 1 aromatic carbocycles. The van der Waals surface area contributed by atoms with Gasteiger partial charge in [-0.1, -0.05) is 6.07 Å². The Morgan fingerprint density at radius 3 is 2.73 bits per heavy atom. The molecule has 0 spiro atoms. The number of halogens is 1. The predicted octanol–water partition coefficient (Wildman–Crippen LogP) is 2.08. The highest BCUT2D eigenvalue weighted by Crippen LogP contribution is 2.18. The van der Waals surface area contributed by atoms with Crippen LogP contribution in [0.2, 0.25) is 0 Å². The molecule has 0 saturated heterocycles. The van der Waals surface area contributed by atoms with Crippen molar-refractivity contribution in [3.05, 3.63) is 53.6 Å². The van der Waals surface area contributed by atoms with Gasteiger partial charge in [0.05, 0.1) is 18.6 Å². The number of nitrogens with one attached hydrogen (secondary N) is 1. The lowest BCUT2D eigenvalue weighted by Gasteiger charge is -2.02. The molecule has 1 aromatic heterocycles. The molecule has 5 nitrogen and oxygen atoms in total. The quantitative estimate of drug-likeness (QED) is 0.860. The molecule has 116 valence electrons. The zero-order valence-electron chi connectivity index (χ0n) is 12.4. The van der Waals surface area contributed by atoms with E-state index in [4.69, 9.17) is 4.74 Å². The Morgan fingerprint density at radius 2 is 2.09 bits per heavy atom. The molecule has 0 unspecified atom stereocenters. The first-order chi connectivity index (χ1) is 10.5. The second-order valence-corrected chi connectivity index (χ2v) is 4.65. The molecule has 0 atom stereocenters. The molecule has 1 heterocycles. The lowest BCUT2D eigenvalue weighted by atomic mass is 10.1. The molecular weight excluding hydrogens is 287 g/mol. The van der Waals surface area contributed by atoms with Crippen molar-refractivity contribution >= 4 is 11.9 Å². The third-order valence-corrected chi connectivity index (χ3v) is 3.14. The van der Waals surface area contributed by atoms with Gasteiger partial charge in [-0.25, -0.2) is 9.18 Å². The number of rotatable bonds is 5. The second-order valence-electron chi connectivity index (χ2n) is 4.65. The van der Waals surface area contributed by atoms with E-state index >= 15 is 0 Å². The van der Waals surface area contributed by atoms with Gasteiger partial charge < -0.3 is 14.6 Å². The highest BCUT2D eigenvalue weighted by atomic mass is 19.1. The lowest BCUT2D eigenvalue weighted by molar-refractivity contribution is -0.119. The predicted molar refractivity (Wildman–Crippen MR) is 79.5 cm³/mol. The summed E-state index contributed by atoms with van der Waals surface area (Å²) in [5.74, 6) is -1.10. The average molecular weight is 304 g/mol. The van der Waals surface area contributed by atoms with E-state index in [1.165, 1.54) is 19.2 Å². The fourth-order valence-electron chi connectivity index (χ4n) is 2.08. The maximum Gasteiger partial charge on any atom is 0.339 e. The summed E-state index contributed by atoms with van der Waals surface area (Å²) < 4.78 is 19.9. The molecule has 0 aliphatic rings. The molecular formula is C16H17FN2O3. The Hall–Kier alpha value is -2.63. The number of carbonyl (C=O) groups excluding carboxylic acids is 2. The number of benzene rings is 1. The summed E-state index contributed by atoms with van der Waals surface area (Å²) in [7, 11) is 1.52. The molecule has 0 fully saturated rings. The normalized spacial score (nSPS) is 10.3. The van der Waals surface area contributed by atoms with E-state index in [1.54, 1.807) is 36.0 Å². The van der Waals surface area contributed by atoms with Gasteiger partial charge in [-0.05, 0) is 30.7 Å². The van der Waals surface area contributed by atoms with E-state index in [9.17, 15) is 14.0 Å². The van der Waals surface area contributed by atoms with Crippen molar-refractivity contribution in [3.63, 3.8) is 0 Å². The van der Waals surface area contributed by atoms with Crippen molar-refractivity contribution in [2.45, 2.75) is 13.3 Å². The van der Waals surface area contributed by atoms with Crippen LogP contribution in [0.5, 0.6) is 0 Å². The fourth-order valence-corrected chi connectivity index (χ4v) is 2.08. The molecule has 0 radical (unpaired) electrons. The van der Waals surface area contributed by atoms with Crippen molar-refractivity contribution < 1.29 is 18.7 Å². The number of ether oxygens (including phenoxy) is 1. The lowest BCUT2D eigenvalue weighted by Crippen LogP contribution is -2.21. The number of carbonyl (C=O) groups is 2. The van der Waals surface area contributed by atoms with Crippen molar-refractivity contribution in [2.24, 2.45) is 0 Å². The van der Waals surface area contributed by atoms with Crippen LogP contribution in [0.1, 0.15) is 22.8 Å². The number of amides is 1. The molecule has 1 N–H and O–H groups in total. The highest BCUT2D eigenvalue weighted by Gasteiger charge is 2.18. The minimum Gasteiger partial charge on any atom is -0.462 e. The van der Waals surface area contributed by atoms with Gasteiger partial charge in [-0.15, -0.1) is 0 Å². The highest BCUT2D eigenvalue weighted by molar-refractivity contribution is 5.93. The molecule has 2 aromatic rings. The van der Waals surface area contributed by atoms with Crippen LogP contribution in [-0.4, -0.2) is 30.1 Å². The van der Waals surface area contributed by atoms with Crippen LogP contribution in [0, 0.1) is 5.82 Å². The minimum absolute atomic E-state index is 0.0486. The maximum atomic E-state index is 13.3. The van der Waals surface area contributed by atoms with E-state index in [2.05, 4.69) is 5.32 Å². The third kappa shape index (κ3) is 3.52. The number of hydrogen-bond donors (Lipinski definition) is 1. The Balaban J connectivity index is 2.42. The van der Waals surface area contributed by atoms with E-state index in [1.807, 2.05) is 0 Å². The minimum atomic E-state index is -0.503. The largest absolute Gasteiger partial charge is 0.462 e. The molecule has 6 heteroatoms. The van der Waals surface area contributed by atoms with E-state index < -0.39 is 5.97 Å². The Bertz CT molecular complexity index is 694. The van der Waals surface area contributed by atoms with Crippen LogP contribution in [0.15, 0.2) is 36.7 Å². The average Bonchev–Trinajstić information content (AvgIpc) is 2.91. The van der Waals surface area contributed by atoms with Gasteiger partial charge in [-0.2, -0.15) is 0 Å². The van der Waals surface area contributed by atoms with Crippen LogP contribution in [0.25, 0.3) is 5.69 Å². The van der Waals surface area contributed by atoms with Gasteiger partial charge in [-0.3, -0.25) is 4.79 Å². The van der Waals surface area contributed by atoms with Gasteiger partial charge in [0, 0.05) is 25.1 Å². The second kappa shape index (κ2) is 6.89. The smallest absolute Gasteiger partial charge is 0.339 e. The molecule has 0 aliphatic heterocycles. The van der Waals surface area contributed by atoms with Crippen molar-refractivity contribution in [2.75, 3.05) is 13.7 Å². The van der Waals surface area contributed by atoms with Crippen LogP contribution < -0.4 is 5.32 Å². The first-order valence-corrected chi connectivity index (χ1v) is 6.89. The summed E-state index contributed by atoms with van der Waals surface area (Å²) in [6.07, 6.45) is 3.23. The molecule has 0 saturated carbocycles. The molecule has 2 rings (SSSR count). The molecule has 1 amide bonds. The van der Waals surface area contributed by atoms with Gasteiger partial charge in [0.25, 0.3) is 0 Å². The van der Waals surface area contributed by atoms with Crippen LogP contribution >= 0.6 is 0 Å². The summed E-state index contributed by atoms with van der Waals surface area (Å²) in [5.41, 5.74) is 1.39. The monoisotopic (exact) mass is 304 g/mol. The molecule has 0 bridgehead atoms. The summed E-state index contributed by atoms with van der Waals surface area (Å²) in [4.78, 5) is 23.6. The Labute approximate surface area is 127 Å².